The summed E-state index contributed by atoms with van der Waals surface area (Å²) in [7, 11) is 0. The van der Waals surface area contributed by atoms with Gasteiger partial charge in [-0.05, 0) is 25.5 Å². The lowest BCUT2D eigenvalue weighted by Gasteiger charge is -2.23. The number of carbonyl (C=O) groups excluding carboxylic acids is 2. The third-order valence-corrected chi connectivity index (χ3v) is 3.88. The van der Waals surface area contributed by atoms with Gasteiger partial charge in [-0.2, -0.15) is 0 Å². The van der Waals surface area contributed by atoms with Crippen molar-refractivity contribution in [3.05, 3.63) is 34.4 Å². The van der Waals surface area contributed by atoms with Gasteiger partial charge < -0.3 is 14.5 Å². The second-order valence-electron chi connectivity index (χ2n) is 5.48. The zero-order chi connectivity index (χ0) is 17.5. The number of carbonyl (C=O) groups is 2. The molecule has 1 aliphatic heterocycles. The number of non-ortho nitro benzene ring substituents is 1. The van der Waals surface area contributed by atoms with Gasteiger partial charge in [0.25, 0.3) is 5.69 Å². The predicted octanol–water partition coefficient (Wildman–Crippen LogP) is 1.59. The van der Waals surface area contributed by atoms with E-state index in [4.69, 9.17) is 4.74 Å². The van der Waals surface area contributed by atoms with Crippen LogP contribution in [0.2, 0.25) is 0 Å². The molecule has 1 saturated heterocycles. The minimum absolute atomic E-state index is 0.0554. The van der Waals surface area contributed by atoms with Crippen molar-refractivity contribution in [3.63, 3.8) is 0 Å². The summed E-state index contributed by atoms with van der Waals surface area (Å²) in [5.74, 6) is -0.724. The number of ether oxygens (including phenoxy) is 1. The molecule has 0 unspecified atom stereocenters. The van der Waals surface area contributed by atoms with Crippen molar-refractivity contribution in [2.24, 2.45) is 0 Å². The molecule has 24 heavy (non-hydrogen) atoms. The van der Waals surface area contributed by atoms with Crippen LogP contribution in [0.5, 0.6) is 0 Å². The van der Waals surface area contributed by atoms with Gasteiger partial charge in [0.1, 0.15) is 6.42 Å². The highest BCUT2D eigenvalue weighted by molar-refractivity contribution is 5.94. The van der Waals surface area contributed by atoms with Crippen LogP contribution in [0.25, 0.3) is 0 Å². The molecular formula is C16H21N3O5. The smallest absolute Gasteiger partial charge is 0.315 e. The van der Waals surface area contributed by atoms with Crippen LogP contribution >= 0.6 is 0 Å². The number of esters is 1. The monoisotopic (exact) mass is 335 g/mol. The molecule has 1 heterocycles. The van der Waals surface area contributed by atoms with E-state index < -0.39 is 10.9 Å². The quantitative estimate of drug-likeness (QED) is 0.351. The Balaban J connectivity index is 1.93. The van der Waals surface area contributed by atoms with Gasteiger partial charge in [-0.25, -0.2) is 0 Å². The number of rotatable bonds is 5. The van der Waals surface area contributed by atoms with Gasteiger partial charge in [0, 0.05) is 44.0 Å². The first kappa shape index (κ1) is 17.7. The summed E-state index contributed by atoms with van der Waals surface area (Å²) in [6.45, 7) is 4.43. The van der Waals surface area contributed by atoms with Crippen LogP contribution in [-0.4, -0.2) is 54.5 Å². The number of nitro benzene ring substituents is 1. The maximum atomic E-state index is 12.1. The fourth-order valence-corrected chi connectivity index (χ4v) is 2.66. The first-order valence-electron chi connectivity index (χ1n) is 7.94. The number of anilines is 1. The largest absolute Gasteiger partial charge is 0.466 e. The number of hydrogen-bond acceptors (Lipinski definition) is 6. The number of hydrogen-bond donors (Lipinski definition) is 0. The van der Waals surface area contributed by atoms with Crippen molar-refractivity contribution in [1.82, 2.24) is 4.90 Å². The molecular weight excluding hydrogens is 314 g/mol. The molecule has 0 aliphatic carbocycles. The van der Waals surface area contributed by atoms with E-state index in [2.05, 4.69) is 4.90 Å². The van der Waals surface area contributed by atoms with E-state index in [0.717, 1.165) is 18.7 Å². The van der Waals surface area contributed by atoms with Gasteiger partial charge in [-0.3, -0.25) is 19.7 Å². The van der Waals surface area contributed by atoms with E-state index in [1.54, 1.807) is 24.0 Å². The Morgan fingerprint density at radius 2 is 1.88 bits per heavy atom. The molecule has 0 atom stereocenters. The zero-order valence-electron chi connectivity index (χ0n) is 13.6. The molecule has 1 amide bonds. The van der Waals surface area contributed by atoms with Crippen LogP contribution in [0.1, 0.15) is 19.8 Å². The van der Waals surface area contributed by atoms with Gasteiger partial charge in [0.15, 0.2) is 0 Å². The second kappa shape index (κ2) is 8.28. The van der Waals surface area contributed by atoms with Crippen molar-refractivity contribution in [3.8, 4) is 0 Å². The summed E-state index contributed by atoms with van der Waals surface area (Å²) in [5, 5.41) is 10.7. The van der Waals surface area contributed by atoms with Crippen LogP contribution in [-0.2, 0) is 14.3 Å². The minimum atomic E-state index is -0.501. The molecule has 1 aromatic carbocycles. The van der Waals surface area contributed by atoms with Crippen molar-refractivity contribution < 1.29 is 19.2 Å². The topological polar surface area (TPSA) is 93.0 Å². The van der Waals surface area contributed by atoms with Crippen molar-refractivity contribution in [1.29, 1.82) is 0 Å². The van der Waals surface area contributed by atoms with E-state index in [9.17, 15) is 19.7 Å². The molecule has 0 spiro atoms. The van der Waals surface area contributed by atoms with E-state index in [1.807, 2.05) is 0 Å². The van der Waals surface area contributed by atoms with E-state index in [0.29, 0.717) is 19.6 Å². The molecule has 2 rings (SSSR count). The summed E-state index contributed by atoms with van der Waals surface area (Å²) >= 11 is 0. The fourth-order valence-electron chi connectivity index (χ4n) is 2.66. The number of nitro groups is 1. The summed E-state index contributed by atoms with van der Waals surface area (Å²) < 4.78 is 4.80. The van der Waals surface area contributed by atoms with Crippen molar-refractivity contribution in [2.75, 3.05) is 37.7 Å². The van der Waals surface area contributed by atoms with Crippen LogP contribution in [0.3, 0.4) is 0 Å². The SMILES string of the molecule is CCOC(=O)CC(=O)N1CCCN(c2ccc([N+](=O)[O-])cc2)CC1. The second-order valence-corrected chi connectivity index (χ2v) is 5.48. The van der Waals surface area contributed by atoms with Gasteiger partial charge in [-0.15, -0.1) is 0 Å². The summed E-state index contributed by atoms with van der Waals surface area (Å²) in [6, 6.07) is 6.39. The Bertz CT molecular complexity index is 602. The Morgan fingerprint density at radius 1 is 1.17 bits per heavy atom. The zero-order valence-corrected chi connectivity index (χ0v) is 13.6. The Kier molecular flexibility index (Phi) is 6.11. The predicted molar refractivity (Wildman–Crippen MR) is 87.8 cm³/mol. The first-order chi connectivity index (χ1) is 11.5. The molecule has 1 aromatic rings. The van der Waals surface area contributed by atoms with Crippen molar-refractivity contribution in [2.45, 2.75) is 19.8 Å². The maximum absolute atomic E-state index is 12.1. The van der Waals surface area contributed by atoms with Gasteiger partial charge in [-0.1, -0.05) is 0 Å². The highest BCUT2D eigenvalue weighted by Crippen LogP contribution is 2.20. The molecule has 0 aromatic heterocycles. The summed E-state index contributed by atoms with van der Waals surface area (Å²) in [5.41, 5.74) is 0.945. The molecule has 8 heteroatoms. The molecule has 1 aliphatic rings. The van der Waals surface area contributed by atoms with Crippen LogP contribution in [0, 0.1) is 10.1 Å². The maximum Gasteiger partial charge on any atom is 0.315 e. The van der Waals surface area contributed by atoms with Crippen LogP contribution < -0.4 is 4.90 Å². The lowest BCUT2D eigenvalue weighted by Crippen LogP contribution is -2.36. The average Bonchev–Trinajstić information content (AvgIpc) is 2.81. The average molecular weight is 335 g/mol. The summed E-state index contributed by atoms with van der Waals surface area (Å²) in [4.78, 5) is 37.6. The molecule has 0 saturated carbocycles. The van der Waals surface area contributed by atoms with Crippen molar-refractivity contribution >= 4 is 23.3 Å². The lowest BCUT2D eigenvalue weighted by atomic mass is 10.2. The van der Waals surface area contributed by atoms with E-state index in [1.165, 1.54) is 12.1 Å². The molecule has 0 N–H and O–H groups in total. The van der Waals surface area contributed by atoms with Crippen LogP contribution in [0.4, 0.5) is 11.4 Å². The van der Waals surface area contributed by atoms with Crippen LogP contribution in [0.15, 0.2) is 24.3 Å². The number of amides is 1. The number of nitrogens with zero attached hydrogens (tertiary/aromatic N) is 3. The standard InChI is InChI=1S/C16H21N3O5/c1-2-24-16(21)12-15(20)18-9-3-8-17(10-11-18)13-4-6-14(7-5-13)19(22)23/h4-7H,2-3,8-12H2,1H3. The lowest BCUT2D eigenvalue weighted by molar-refractivity contribution is -0.384. The first-order valence-corrected chi connectivity index (χ1v) is 7.94. The van der Waals surface area contributed by atoms with Gasteiger partial charge in [0.05, 0.1) is 11.5 Å². The normalized spacial score (nSPS) is 14.9. The Morgan fingerprint density at radius 3 is 2.50 bits per heavy atom. The molecule has 0 bridgehead atoms. The summed E-state index contributed by atoms with van der Waals surface area (Å²) in [6.07, 6.45) is 0.539. The minimum Gasteiger partial charge on any atom is -0.466 e. The van der Waals surface area contributed by atoms with E-state index >= 15 is 0 Å². The third kappa shape index (κ3) is 4.68. The molecule has 0 radical (unpaired) electrons. The van der Waals surface area contributed by atoms with Gasteiger partial charge in [0.2, 0.25) is 5.91 Å². The number of benzene rings is 1. The fraction of sp³-hybridized carbons (Fsp3) is 0.500. The third-order valence-electron chi connectivity index (χ3n) is 3.88. The highest BCUT2D eigenvalue weighted by Gasteiger charge is 2.22. The van der Waals surface area contributed by atoms with Gasteiger partial charge >= 0.3 is 5.97 Å². The molecule has 1 fully saturated rings. The van der Waals surface area contributed by atoms with E-state index in [-0.39, 0.29) is 24.6 Å². The highest BCUT2D eigenvalue weighted by atomic mass is 16.6. The Hall–Kier alpha value is -2.64. The molecule has 8 nitrogen and oxygen atoms in total. The Labute approximate surface area is 140 Å². The molecule has 130 valence electrons.